The lowest BCUT2D eigenvalue weighted by molar-refractivity contribution is 0.301. The second-order valence-electron chi connectivity index (χ2n) is 5.00. The van der Waals surface area contributed by atoms with Gasteiger partial charge in [0.25, 0.3) is 0 Å². The van der Waals surface area contributed by atoms with Crippen LogP contribution in [0.3, 0.4) is 0 Å². The van der Waals surface area contributed by atoms with E-state index in [0.717, 1.165) is 35.9 Å². The van der Waals surface area contributed by atoms with Crippen LogP contribution in [0.4, 0.5) is 11.5 Å². The van der Waals surface area contributed by atoms with Crippen LogP contribution in [0.5, 0.6) is 5.75 Å². The number of ether oxygens (including phenoxy) is 1. The first kappa shape index (κ1) is 15.1. The quantitative estimate of drug-likeness (QED) is 0.848. The molecule has 5 nitrogen and oxygen atoms in total. The second kappa shape index (κ2) is 7.47. The van der Waals surface area contributed by atoms with Crippen molar-refractivity contribution in [3.63, 3.8) is 0 Å². The number of hydrogen-bond donors (Lipinski definition) is 1. The highest BCUT2D eigenvalue weighted by molar-refractivity contribution is 5.49. The van der Waals surface area contributed by atoms with E-state index in [4.69, 9.17) is 4.74 Å². The van der Waals surface area contributed by atoms with Crippen LogP contribution in [-0.4, -0.2) is 30.6 Å². The molecule has 5 heteroatoms. The van der Waals surface area contributed by atoms with E-state index in [-0.39, 0.29) is 0 Å². The third kappa shape index (κ3) is 4.63. The molecule has 1 aromatic carbocycles. The zero-order valence-electron chi connectivity index (χ0n) is 12.8. The average molecular weight is 286 g/mol. The first-order chi connectivity index (χ1) is 10.2. The smallest absolute Gasteiger partial charge is 0.144 e. The summed E-state index contributed by atoms with van der Waals surface area (Å²) in [6, 6.07) is 7.97. The van der Waals surface area contributed by atoms with E-state index in [1.54, 1.807) is 12.4 Å². The lowest BCUT2D eigenvalue weighted by atomic mass is 10.3. The van der Waals surface area contributed by atoms with Crippen molar-refractivity contribution in [2.24, 2.45) is 0 Å². The summed E-state index contributed by atoms with van der Waals surface area (Å²) >= 11 is 0. The molecule has 0 aliphatic rings. The van der Waals surface area contributed by atoms with Gasteiger partial charge in [0.15, 0.2) is 0 Å². The Morgan fingerprint density at radius 3 is 2.71 bits per heavy atom. The summed E-state index contributed by atoms with van der Waals surface area (Å²) in [6.45, 7) is 3.43. The molecule has 0 fully saturated rings. The van der Waals surface area contributed by atoms with E-state index in [2.05, 4.69) is 22.2 Å². The number of anilines is 2. The van der Waals surface area contributed by atoms with Gasteiger partial charge in [-0.3, -0.25) is 4.98 Å². The molecule has 0 radical (unpaired) electrons. The Morgan fingerprint density at radius 1 is 1.19 bits per heavy atom. The van der Waals surface area contributed by atoms with E-state index in [1.807, 2.05) is 43.3 Å². The van der Waals surface area contributed by atoms with Crippen LogP contribution in [0.1, 0.15) is 19.0 Å². The van der Waals surface area contributed by atoms with Gasteiger partial charge in [-0.2, -0.15) is 0 Å². The summed E-state index contributed by atoms with van der Waals surface area (Å²) in [7, 11) is 4.01. The van der Waals surface area contributed by atoms with Crippen molar-refractivity contribution in [1.29, 1.82) is 0 Å². The first-order valence-electron chi connectivity index (χ1n) is 7.14. The third-order valence-corrected chi connectivity index (χ3v) is 2.98. The molecule has 0 amide bonds. The van der Waals surface area contributed by atoms with Crippen LogP contribution in [0.2, 0.25) is 0 Å². The van der Waals surface area contributed by atoms with Gasteiger partial charge >= 0.3 is 0 Å². The van der Waals surface area contributed by atoms with Crippen molar-refractivity contribution < 1.29 is 4.74 Å². The topological polar surface area (TPSA) is 50.3 Å². The highest BCUT2D eigenvalue weighted by atomic mass is 16.5. The summed E-state index contributed by atoms with van der Waals surface area (Å²) in [5, 5.41) is 3.20. The van der Waals surface area contributed by atoms with Gasteiger partial charge in [0.1, 0.15) is 18.2 Å². The summed E-state index contributed by atoms with van der Waals surface area (Å²) in [4.78, 5) is 10.7. The van der Waals surface area contributed by atoms with E-state index in [9.17, 15) is 0 Å². The highest BCUT2D eigenvalue weighted by Gasteiger charge is 2.01. The minimum absolute atomic E-state index is 0.415. The van der Waals surface area contributed by atoms with Crippen molar-refractivity contribution in [3.8, 4) is 5.75 Å². The molecule has 0 bridgehead atoms. The van der Waals surface area contributed by atoms with Gasteiger partial charge < -0.3 is 15.0 Å². The van der Waals surface area contributed by atoms with Crippen LogP contribution in [0.25, 0.3) is 0 Å². The molecule has 2 rings (SSSR count). The van der Waals surface area contributed by atoms with E-state index < -0.39 is 0 Å². The van der Waals surface area contributed by atoms with Gasteiger partial charge in [0.2, 0.25) is 0 Å². The monoisotopic (exact) mass is 286 g/mol. The maximum absolute atomic E-state index is 5.75. The Morgan fingerprint density at radius 2 is 2.05 bits per heavy atom. The van der Waals surface area contributed by atoms with Gasteiger partial charge in [-0.25, -0.2) is 4.98 Å². The zero-order chi connectivity index (χ0) is 15.1. The standard InChI is InChI=1S/C16H22N4O/c1-4-8-17-16-11-18-13(10-19-16)12-21-15-7-5-6-14(9-15)20(2)3/h5-7,9-11H,4,8,12H2,1-3H3,(H,17,19). The van der Waals surface area contributed by atoms with Gasteiger partial charge in [0.05, 0.1) is 18.1 Å². The zero-order valence-corrected chi connectivity index (χ0v) is 12.8. The first-order valence-corrected chi connectivity index (χ1v) is 7.14. The van der Waals surface area contributed by atoms with Gasteiger partial charge in [-0.15, -0.1) is 0 Å². The van der Waals surface area contributed by atoms with Crippen LogP contribution in [0.15, 0.2) is 36.7 Å². The maximum Gasteiger partial charge on any atom is 0.144 e. The predicted octanol–water partition coefficient (Wildman–Crippen LogP) is 2.94. The molecule has 2 aromatic rings. The fourth-order valence-electron chi connectivity index (χ4n) is 1.78. The lowest BCUT2D eigenvalue weighted by Crippen LogP contribution is -2.08. The molecule has 112 valence electrons. The Bertz CT molecular complexity index is 554. The van der Waals surface area contributed by atoms with Crippen LogP contribution < -0.4 is 15.0 Å². The van der Waals surface area contributed by atoms with Crippen LogP contribution >= 0.6 is 0 Å². The number of aromatic nitrogens is 2. The number of nitrogens with zero attached hydrogens (tertiary/aromatic N) is 3. The number of nitrogens with one attached hydrogen (secondary N) is 1. The summed E-state index contributed by atoms with van der Waals surface area (Å²) < 4.78 is 5.75. The largest absolute Gasteiger partial charge is 0.487 e. The molecule has 1 N–H and O–H groups in total. The Hall–Kier alpha value is -2.30. The van der Waals surface area contributed by atoms with E-state index >= 15 is 0 Å². The minimum atomic E-state index is 0.415. The van der Waals surface area contributed by atoms with E-state index in [0.29, 0.717) is 6.61 Å². The van der Waals surface area contributed by atoms with Gasteiger partial charge in [-0.05, 0) is 18.6 Å². The third-order valence-electron chi connectivity index (χ3n) is 2.98. The van der Waals surface area contributed by atoms with Crippen molar-refractivity contribution >= 4 is 11.5 Å². The number of benzene rings is 1. The normalized spacial score (nSPS) is 10.2. The minimum Gasteiger partial charge on any atom is -0.487 e. The van der Waals surface area contributed by atoms with Crippen LogP contribution in [0, 0.1) is 0 Å². The molecular weight excluding hydrogens is 264 g/mol. The molecule has 1 aromatic heterocycles. The lowest BCUT2D eigenvalue weighted by Gasteiger charge is -2.14. The molecule has 0 aliphatic carbocycles. The molecule has 0 unspecified atom stereocenters. The molecule has 1 heterocycles. The Labute approximate surface area is 126 Å². The summed E-state index contributed by atoms with van der Waals surface area (Å²) in [6.07, 6.45) is 4.55. The van der Waals surface area contributed by atoms with Crippen molar-refractivity contribution in [1.82, 2.24) is 9.97 Å². The Balaban J connectivity index is 1.92. The molecular formula is C16H22N4O. The molecule has 0 aliphatic heterocycles. The Kier molecular flexibility index (Phi) is 5.37. The number of hydrogen-bond acceptors (Lipinski definition) is 5. The summed E-state index contributed by atoms with van der Waals surface area (Å²) in [5.41, 5.74) is 1.92. The van der Waals surface area contributed by atoms with Gasteiger partial charge in [-0.1, -0.05) is 13.0 Å². The molecule has 0 atom stereocenters. The van der Waals surface area contributed by atoms with Crippen molar-refractivity contribution in [2.45, 2.75) is 20.0 Å². The van der Waals surface area contributed by atoms with Crippen molar-refractivity contribution in [3.05, 3.63) is 42.4 Å². The van der Waals surface area contributed by atoms with Gasteiger partial charge in [0, 0.05) is 32.4 Å². The maximum atomic E-state index is 5.75. The number of rotatable bonds is 7. The van der Waals surface area contributed by atoms with Crippen molar-refractivity contribution in [2.75, 3.05) is 30.9 Å². The molecule has 0 saturated heterocycles. The average Bonchev–Trinajstić information content (AvgIpc) is 2.52. The SMILES string of the molecule is CCCNc1cnc(COc2cccc(N(C)C)c2)cn1. The molecule has 21 heavy (non-hydrogen) atoms. The predicted molar refractivity (Wildman–Crippen MR) is 85.9 cm³/mol. The van der Waals surface area contributed by atoms with Crippen LogP contribution in [-0.2, 0) is 6.61 Å². The fourth-order valence-corrected chi connectivity index (χ4v) is 1.78. The second-order valence-corrected chi connectivity index (χ2v) is 5.00. The fraction of sp³-hybridized carbons (Fsp3) is 0.375. The highest BCUT2D eigenvalue weighted by Crippen LogP contribution is 2.20. The summed E-state index contributed by atoms with van der Waals surface area (Å²) in [5.74, 6) is 1.63. The molecule has 0 spiro atoms. The molecule has 0 saturated carbocycles. The van der Waals surface area contributed by atoms with E-state index in [1.165, 1.54) is 0 Å².